The Labute approximate surface area is 104 Å². The Morgan fingerprint density at radius 3 is 2.65 bits per heavy atom. The van der Waals surface area contributed by atoms with Crippen LogP contribution >= 0.6 is 0 Å². The van der Waals surface area contributed by atoms with E-state index >= 15 is 0 Å². The van der Waals surface area contributed by atoms with Crippen LogP contribution in [0.25, 0.3) is 0 Å². The molecular weight excluding hydrogens is 210 g/mol. The lowest BCUT2D eigenvalue weighted by Crippen LogP contribution is -2.33. The zero-order valence-corrected chi connectivity index (χ0v) is 10.9. The predicted octanol–water partition coefficient (Wildman–Crippen LogP) is 2.41. The van der Waals surface area contributed by atoms with Crippen molar-refractivity contribution in [2.75, 3.05) is 26.7 Å². The molecule has 1 fully saturated rings. The van der Waals surface area contributed by atoms with Gasteiger partial charge in [-0.25, -0.2) is 0 Å². The summed E-state index contributed by atoms with van der Waals surface area (Å²) < 4.78 is 0. The van der Waals surface area contributed by atoms with Crippen molar-refractivity contribution in [2.45, 2.75) is 25.7 Å². The van der Waals surface area contributed by atoms with E-state index in [2.05, 4.69) is 43.1 Å². The van der Waals surface area contributed by atoms with Crippen molar-refractivity contribution in [1.82, 2.24) is 4.90 Å². The fourth-order valence-corrected chi connectivity index (χ4v) is 2.86. The Kier molecular flexibility index (Phi) is 4.19. The minimum atomic E-state index is 0.276. The Balaban J connectivity index is 2.10. The number of aryl methyl sites for hydroxylation is 1. The molecule has 1 saturated heterocycles. The van der Waals surface area contributed by atoms with E-state index in [-0.39, 0.29) is 6.61 Å². The molecule has 0 spiro atoms. The summed E-state index contributed by atoms with van der Waals surface area (Å²) >= 11 is 0. The summed E-state index contributed by atoms with van der Waals surface area (Å²) in [5.74, 6) is 0.960. The van der Waals surface area contributed by atoms with E-state index in [0.717, 1.165) is 13.1 Å². The maximum absolute atomic E-state index is 9.67. The quantitative estimate of drug-likeness (QED) is 0.866. The second kappa shape index (κ2) is 5.65. The topological polar surface area (TPSA) is 23.5 Å². The van der Waals surface area contributed by atoms with E-state index in [9.17, 15) is 5.11 Å². The van der Waals surface area contributed by atoms with Crippen LogP contribution in [0.3, 0.4) is 0 Å². The van der Waals surface area contributed by atoms with E-state index in [4.69, 9.17) is 0 Å². The minimum absolute atomic E-state index is 0.276. The normalized spacial score (nSPS) is 20.4. The molecule has 0 aromatic heterocycles. The van der Waals surface area contributed by atoms with Gasteiger partial charge in [0, 0.05) is 5.92 Å². The number of aliphatic hydroxyl groups is 1. The van der Waals surface area contributed by atoms with Crippen molar-refractivity contribution in [3.8, 4) is 0 Å². The number of hydrogen-bond donors (Lipinski definition) is 1. The van der Waals surface area contributed by atoms with Gasteiger partial charge in [0.2, 0.25) is 0 Å². The minimum Gasteiger partial charge on any atom is -0.396 e. The van der Waals surface area contributed by atoms with Crippen LogP contribution in [0.5, 0.6) is 0 Å². The zero-order valence-electron chi connectivity index (χ0n) is 10.9. The third-order valence-corrected chi connectivity index (χ3v) is 4.00. The maximum Gasteiger partial charge on any atom is 0.0502 e. The molecule has 1 aromatic rings. The monoisotopic (exact) mass is 233 g/mol. The fraction of sp³-hybridized carbons (Fsp3) is 0.600. The molecular formula is C15H23NO. The number of nitrogens with zero attached hydrogens (tertiary/aromatic N) is 1. The SMILES string of the molecule is Cc1cccc(C(CO)C2CCN(C)CC2)c1. The fourth-order valence-electron chi connectivity index (χ4n) is 2.86. The Morgan fingerprint density at radius 2 is 2.06 bits per heavy atom. The number of hydrogen-bond acceptors (Lipinski definition) is 2. The van der Waals surface area contributed by atoms with Crippen molar-refractivity contribution < 1.29 is 5.11 Å². The maximum atomic E-state index is 9.67. The molecule has 1 N–H and O–H groups in total. The van der Waals surface area contributed by atoms with Crippen molar-refractivity contribution in [3.63, 3.8) is 0 Å². The van der Waals surface area contributed by atoms with Crippen LogP contribution in [0, 0.1) is 12.8 Å². The molecule has 0 aliphatic carbocycles. The third-order valence-electron chi connectivity index (χ3n) is 4.00. The second-order valence-electron chi connectivity index (χ2n) is 5.34. The van der Waals surface area contributed by atoms with Gasteiger partial charge in [0.15, 0.2) is 0 Å². The van der Waals surface area contributed by atoms with Crippen LogP contribution in [-0.4, -0.2) is 36.8 Å². The largest absolute Gasteiger partial charge is 0.396 e. The molecule has 0 bridgehead atoms. The second-order valence-corrected chi connectivity index (χ2v) is 5.34. The molecule has 1 aliphatic heterocycles. The van der Waals surface area contributed by atoms with Crippen LogP contribution < -0.4 is 0 Å². The molecule has 2 rings (SSSR count). The first kappa shape index (κ1) is 12.6. The molecule has 0 amide bonds. The zero-order chi connectivity index (χ0) is 12.3. The lowest BCUT2D eigenvalue weighted by atomic mass is 9.80. The van der Waals surface area contributed by atoms with Gasteiger partial charge < -0.3 is 10.0 Å². The lowest BCUT2D eigenvalue weighted by molar-refractivity contribution is 0.156. The van der Waals surface area contributed by atoms with Gasteiger partial charge in [-0.15, -0.1) is 0 Å². The van der Waals surface area contributed by atoms with Crippen molar-refractivity contribution >= 4 is 0 Å². The average molecular weight is 233 g/mol. The molecule has 1 unspecified atom stereocenters. The molecule has 0 saturated carbocycles. The summed E-state index contributed by atoms with van der Waals surface area (Å²) in [6, 6.07) is 8.60. The first-order chi connectivity index (χ1) is 8.20. The Morgan fingerprint density at radius 1 is 1.35 bits per heavy atom. The Bertz CT molecular complexity index is 356. The van der Waals surface area contributed by atoms with Crippen molar-refractivity contribution in [2.24, 2.45) is 5.92 Å². The van der Waals surface area contributed by atoms with Gasteiger partial charge in [0.1, 0.15) is 0 Å². The molecule has 2 heteroatoms. The molecule has 1 aromatic carbocycles. The average Bonchev–Trinajstić information content (AvgIpc) is 2.33. The van der Waals surface area contributed by atoms with Gasteiger partial charge in [0.25, 0.3) is 0 Å². The molecule has 1 atom stereocenters. The van der Waals surface area contributed by atoms with Crippen LogP contribution in [0.2, 0.25) is 0 Å². The predicted molar refractivity (Wildman–Crippen MR) is 71.2 cm³/mol. The third kappa shape index (κ3) is 3.08. The number of likely N-dealkylation sites (tertiary alicyclic amines) is 1. The summed E-state index contributed by atoms with van der Waals surface area (Å²) in [4.78, 5) is 2.38. The number of piperidine rings is 1. The standard InChI is InChI=1S/C15H23NO/c1-12-4-3-5-14(10-12)15(11-17)13-6-8-16(2)9-7-13/h3-5,10,13,15,17H,6-9,11H2,1-2H3. The molecule has 94 valence electrons. The van der Waals surface area contributed by atoms with Gasteiger partial charge in [-0.05, 0) is 51.4 Å². The van der Waals surface area contributed by atoms with Crippen LogP contribution in [0.15, 0.2) is 24.3 Å². The molecule has 0 radical (unpaired) electrons. The highest BCUT2D eigenvalue weighted by atomic mass is 16.3. The van der Waals surface area contributed by atoms with Gasteiger partial charge in [-0.3, -0.25) is 0 Å². The highest BCUT2D eigenvalue weighted by Crippen LogP contribution is 2.32. The first-order valence-corrected chi connectivity index (χ1v) is 6.56. The highest BCUT2D eigenvalue weighted by Gasteiger charge is 2.25. The van der Waals surface area contributed by atoms with Gasteiger partial charge in [-0.2, -0.15) is 0 Å². The molecule has 1 aliphatic rings. The lowest BCUT2D eigenvalue weighted by Gasteiger charge is -2.33. The van der Waals surface area contributed by atoms with Crippen molar-refractivity contribution in [1.29, 1.82) is 0 Å². The van der Waals surface area contributed by atoms with E-state index in [0.29, 0.717) is 11.8 Å². The molecule has 1 heterocycles. The van der Waals surface area contributed by atoms with E-state index in [1.165, 1.54) is 24.0 Å². The van der Waals surface area contributed by atoms with Gasteiger partial charge >= 0.3 is 0 Å². The van der Waals surface area contributed by atoms with E-state index in [1.54, 1.807) is 0 Å². The summed E-state index contributed by atoms with van der Waals surface area (Å²) in [5.41, 5.74) is 2.59. The van der Waals surface area contributed by atoms with E-state index < -0.39 is 0 Å². The van der Waals surface area contributed by atoms with Crippen LogP contribution in [0.1, 0.15) is 29.9 Å². The van der Waals surface area contributed by atoms with Gasteiger partial charge in [0.05, 0.1) is 6.61 Å². The number of benzene rings is 1. The van der Waals surface area contributed by atoms with Crippen LogP contribution in [0.4, 0.5) is 0 Å². The summed E-state index contributed by atoms with van der Waals surface area (Å²) in [6.45, 7) is 4.71. The number of aliphatic hydroxyl groups excluding tert-OH is 1. The summed E-state index contributed by atoms with van der Waals surface area (Å²) in [7, 11) is 2.18. The highest BCUT2D eigenvalue weighted by molar-refractivity contribution is 5.26. The number of rotatable bonds is 3. The molecule has 2 nitrogen and oxygen atoms in total. The first-order valence-electron chi connectivity index (χ1n) is 6.56. The van der Waals surface area contributed by atoms with E-state index in [1.807, 2.05) is 0 Å². The summed E-state index contributed by atoms with van der Waals surface area (Å²) in [6.07, 6.45) is 2.41. The summed E-state index contributed by atoms with van der Waals surface area (Å²) in [5, 5.41) is 9.67. The van der Waals surface area contributed by atoms with Crippen molar-refractivity contribution in [3.05, 3.63) is 35.4 Å². The molecule has 17 heavy (non-hydrogen) atoms. The smallest absolute Gasteiger partial charge is 0.0502 e. The van der Waals surface area contributed by atoms with Crippen LogP contribution in [-0.2, 0) is 0 Å². The Hall–Kier alpha value is -0.860. The van der Waals surface area contributed by atoms with Gasteiger partial charge in [-0.1, -0.05) is 29.8 Å².